The number of hydrogen-bond donors (Lipinski definition) is 1. The van der Waals surface area contributed by atoms with Gasteiger partial charge in [-0.05, 0) is 31.4 Å². The molecule has 1 aliphatic heterocycles. The third kappa shape index (κ3) is 2.79. The number of fused-ring (bicyclic) bond motifs is 1. The number of phenols is 1. The molecule has 6 nitrogen and oxygen atoms in total. The number of amides is 1. The van der Waals surface area contributed by atoms with Crippen LogP contribution in [0.2, 0.25) is 0 Å². The van der Waals surface area contributed by atoms with Gasteiger partial charge in [-0.25, -0.2) is 0 Å². The van der Waals surface area contributed by atoms with Crippen LogP contribution < -0.4 is 9.47 Å². The molecule has 128 valence electrons. The standard InChI is InChI=1S/C18H21NO5/c1-22-16-12(6-7-14(20)19-9-4-3-5-10-19)15(21)18(23-2)17-13(16)8-11-24-17/h6-8,11,21H,3-5,9-10H2,1-2H3/b7-6+. The number of phenolic OH excluding ortho intramolecular Hbond substituents is 1. The average Bonchev–Trinajstić information content (AvgIpc) is 3.09. The van der Waals surface area contributed by atoms with Crippen LogP contribution in [-0.2, 0) is 4.79 Å². The molecule has 2 heterocycles. The molecule has 0 aliphatic carbocycles. The number of piperidine rings is 1. The van der Waals surface area contributed by atoms with Gasteiger partial charge in [-0.3, -0.25) is 4.79 Å². The van der Waals surface area contributed by atoms with Crippen LogP contribution in [0.25, 0.3) is 17.0 Å². The minimum atomic E-state index is -0.112. The second kappa shape index (κ2) is 6.86. The van der Waals surface area contributed by atoms with Crippen molar-refractivity contribution in [1.29, 1.82) is 0 Å². The van der Waals surface area contributed by atoms with E-state index in [0.29, 0.717) is 22.3 Å². The maximum absolute atomic E-state index is 12.3. The molecule has 1 aliphatic rings. The van der Waals surface area contributed by atoms with Gasteiger partial charge in [-0.1, -0.05) is 0 Å². The van der Waals surface area contributed by atoms with Crippen LogP contribution in [0.1, 0.15) is 24.8 Å². The zero-order chi connectivity index (χ0) is 17.1. The predicted molar refractivity (Wildman–Crippen MR) is 90.4 cm³/mol. The van der Waals surface area contributed by atoms with Gasteiger partial charge >= 0.3 is 0 Å². The molecule has 24 heavy (non-hydrogen) atoms. The molecular weight excluding hydrogens is 310 g/mol. The van der Waals surface area contributed by atoms with Gasteiger partial charge in [0.25, 0.3) is 0 Å². The van der Waals surface area contributed by atoms with E-state index < -0.39 is 0 Å². The molecule has 0 radical (unpaired) electrons. The van der Waals surface area contributed by atoms with E-state index in [1.807, 2.05) is 4.90 Å². The average molecular weight is 331 g/mol. The molecule has 0 unspecified atom stereocenters. The smallest absolute Gasteiger partial charge is 0.246 e. The molecular formula is C18H21NO5. The summed E-state index contributed by atoms with van der Waals surface area (Å²) in [7, 11) is 2.97. The fourth-order valence-electron chi connectivity index (χ4n) is 3.08. The first-order valence-electron chi connectivity index (χ1n) is 7.98. The summed E-state index contributed by atoms with van der Waals surface area (Å²) in [5.41, 5.74) is 0.806. The molecule has 1 N–H and O–H groups in total. The maximum Gasteiger partial charge on any atom is 0.246 e. The fraction of sp³-hybridized carbons (Fsp3) is 0.389. The van der Waals surface area contributed by atoms with E-state index in [9.17, 15) is 9.90 Å². The van der Waals surface area contributed by atoms with Crippen LogP contribution in [0.15, 0.2) is 22.8 Å². The first kappa shape index (κ1) is 16.2. The summed E-state index contributed by atoms with van der Waals surface area (Å²) in [6.07, 6.45) is 7.76. The minimum Gasteiger partial charge on any atom is -0.504 e. The van der Waals surface area contributed by atoms with Gasteiger partial charge in [0, 0.05) is 19.2 Å². The molecule has 1 fully saturated rings. The van der Waals surface area contributed by atoms with Crippen LogP contribution in [0.4, 0.5) is 0 Å². The van der Waals surface area contributed by atoms with E-state index in [1.54, 1.807) is 12.1 Å². The van der Waals surface area contributed by atoms with Crippen LogP contribution in [0, 0.1) is 0 Å². The topological polar surface area (TPSA) is 72.1 Å². The molecule has 2 aromatic rings. The van der Waals surface area contributed by atoms with Gasteiger partial charge < -0.3 is 23.9 Å². The van der Waals surface area contributed by atoms with Gasteiger partial charge in [0.1, 0.15) is 5.75 Å². The molecule has 1 aromatic heterocycles. The van der Waals surface area contributed by atoms with E-state index in [1.165, 1.54) is 26.6 Å². The number of likely N-dealkylation sites (tertiary alicyclic amines) is 1. The largest absolute Gasteiger partial charge is 0.504 e. The van der Waals surface area contributed by atoms with Crippen molar-refractivity contribution >= 4 is 23.0 Å². The summed E-state index contributed by atoms with van der Waals surface area (Å²) < 4.78 is 16.0. The number of benzene rings is 1. The number of hydrogen-bond acceptors (Lipinski definition) is 5. The minimum absolute atomic E-state index is 0.0672. The Morgan fingerprint density at radius 3 is 2.58 bits per heavy atom. The van der Waals surface area contributed by atoms with E-state index >= 15 is 0 Å². The highest BCUT2D eigenvalue weighted by molar-refractivity contribution is 5.99. The van der Waals surface area contributed by atoms with Crippen LogP contribution in [0.5, 0.6) is 17.2 Å². The van der Waals surface area contributed by atoms with Gasteiger partial charge in [0.15, 0.2) is 11.3 Å². The third-order valence-electron chi connectivity index (χ3n) is 4.30. The second-order valence-electron chi connectivity index (χ2n) is 5.71. The Morgan fingerprint density at radius 1 is 1.21 bits per heavy atom. The summed E-state index contributed by atoms with van der Waals surface area (Å²) in [6.45, 7) is 1.55. The first-order valence-corrected chi connectivity index (χ1v) is 7.98. The van der Waals surface area contributed by atoms with Gasteiger partial charge in [0.2, 0.25) is 11.7 Å². The Morgan fingerprint density at radius 2 is 1.92 bits per heavy atom. The number of ether oxygens (including phenoxy) is 2. The van der Waals surface area contributed by atoms with Crippen molar-refractivity contribution in [2.45, 2.75) is 19.3 Å². The van der Waals surface area contributed by atoms with Crippen molar-refractivity contribution in [3.63, 3.8) is 0 Å². The fourth-order valence-corrected chi connectivity index (χ4v) is 3.08. The van der Waals surface area contributed by atoms with Crippen molar-refractivity contribution < 1.29 is 23.8 Å². The lowest BCUT2D eigenvalue weighted by molar-refractivity contribution is -0.126. The predicted octanol–water partition coefficient (Wildman–Crippen LogP) is 3.18. The lowest BCUT2D eigenvalue weighted by Crippen LogP contribution is -2.34. The Kier molecular flexibility index (Phi) is 4.64. The summed E-state index contributed by atoms with van der Waals surface area (Å²) in [6, 6.07) is 1.74. The van der Waals surface area contributed by atoms with Crippen molar-refractivity contribution in [1.82, 2.24) is 4.90 Å². The number of aromatic hydroxyl groups is 1. The quantitative estimate of drug-likeness (QED) is 0.871. The number of nitrogens with zero attached hydrogens (tertiary/aromatic N) is 1. The van der Waals surface area contributed by atoms with Gasteiger partial charge in [-0.2, -0.15) is 0 Å². The molecule has 1 saturated heterocycles. The molecule has 0 spiro atoms. The number of methoxy groups -OCH3 is 2. The van der Waals surface area contributed by atoms with E-state index in [2.05, 4.69) is 0 Å². The van der Waals surface area contributed by atoms with E-state index in [4.69, 9.17) is 13.9 Å². The summed E-state index contributed by atoms with van der Waals surface area (Å²) in [5, 5.41) is 11.2. The lowest BCUT2D eigenvalue weighted by atomic mass is 10.1. The van der Waals surface area contributed by atoms with Crippen LogP contribution in [0.3, 0.4) is 0 Å². The van der Waals surface area contributed by atoms with Crippen molar-refractivity contribution in [2.24, 2.45) is 0 Å². The number of carbonyl (C=O) groups excluding carboxylic acids is 1. The monoisotopic (exact) mass is 331 g/mol. The number of furan rings is 1. The Balaban J connectivity index is 2.00. The number of carbonyl (C=O) groups is 1. The molecule has 0 saturated carbocycles. The summed E-state index contributed by atoms with van der Waals surface area (Å²) >= 11 is 0. The molecule has 3 rings (SSSR count). The van der Waals surface area contributed by atoms with Crippen LogP contribution >= 0.6 is 0 Å². The van der Waals surface area contributed by atoms with Crippen molar-refractivity contribution in [3.05, 3.63) is 24.0 Å². The normalized spacial score (nSPS) is 15.2. The molecule has 1 amide bonds. The van der Waals surface area contributed by atoms with Gasteiger partial charge in [0.05, 0.1) is 31.4 Å². The summed E-state index contributed by atoms with van der Waals surface area (Å²) in [4.78, 5) is 14.1. The zero-order valence-corrected chi connectivity index (χ0v) is 13.9. The maximum atomic E-state index is 12.3. The number of rotatable bonds is 4. The second-order valence-corrected chi connectivity index (χ2v) is 5.71. The highest BCUT2D eigenvalue weighted by Gasteiger charge is 2.22. The van der Waals surface area contributed by atoms with Gasteiger partial charge in [-0.15, -0.1) is 0 Å². The Labute approximate surface area is 140 Å². The third-order valence-corrected chi connectivity index (χ3v) is 4.30. The van der Waals surface area contributed by atoms with Crippen molar-refractivity contribution in [2.75, 3.05) is 27.3 Å². The molecule has 0 bridgehead atoms. The summed E-state index contributed by atoms with van der Waals surface area (Å²) in [5.74, 6) is 0.488. The van der Waals surface area contributed by atoms with E-state index in [-0.39, 0.29) is 17.4 Å². The SMILES string of the molecule is COc1c(/C=C/C(=O)N2CCCCC2)c(O)c(OC)c2occc12. The Hall–Kier alpha value is -2.63. The Bertz CT molecular complexity index is 771. The van der Waals surface area contributed by atoms with E-state index in [0.717, 1.165) is 32.4 Å². The van der Waals surface area contributed by atoms with Crippen LogP contribution in [-0.4, -0.2) is 43.2 Å². The highest BCUT2D eigenvalue weighted by atomic mass is 16.5. The zero-order valence-electron chi connectivity index (χ0n) is 13.9. The lowest BCUT2D eigenvalue weighted by Gasteiger charge is -2.25. The highest BCUT2D eigenvalue weighted by Crippen LogP contribution is 2.46. The molecule has 1 aromatic carbocycles. The molecule has 6 heteroatoms. The first-order chi connectivity index (χ1) is 11.7. The van der Waals surface area contributed by atoms with Crippen molar-refractivity contribution in [3.8, 4) is 17.2 Å². The molecule has 0 atom stereocenters.